The minimum atomic E-state index is -1.90. The number of carbonyl (C=O) groups is 3. The number of pyridine rings is 2. The summed E-state index contributed by atoms with van der Waals surface area (Å²) in [5.41, 5.74) is 1.06. The Morgan fingerprint density at radius 1 is 1.13 bits per heavy atom. The third-order valence-corrected chi connectivity index (χ3v) is 9.49. The molecule has 13 heteroatoms. The van der Waals surface area contributed by atoms with Crippen LogP contribution < -0.4 is 10.3 Å². The monoisotopic (exact) mass is 645 g/mol. The van der Waals surface area contributed by atoms with Gasteiger partial charge in [-0.1, -0.05) is 6.92 Å². The number of aliphatic hydroxyl groups is 1. The van der Waals surface area contributed by atoms with Crippen LogP contribution in [0.4, 0.5) is 9.59 Å². The standard InChI is InChI=1S/C34H39N5O8/c1-7-34(44)24-12-26-28-18(13-38(26)29(40)23(24)17-45-30(34)41)10-21-22(16-36(5)6)27(9-8-25(21)35-28)46-32(43)39-19-11-20(39)15-37(14-19)31(42)47-33(2,3)4/h8-10,12,19-20,44H,7,11,13-17H2,1-6H3/t19?,20?,34-/m0/s1. The van der Waals surface area contributed by atoms with Crippen LogP contribution in [0.25, 0.3) is 22.3 Å². The maximum atomic E-state index is 13.6. The van der Waals surface area contributed by atoms with Crippen molar-refractivity contribution < 1.29 is 33.7 Å². The number of carbonyl (C=O) groups excluding carboxylic acids is 3. The first-order valence-electron chi connectivity index (χ1n) is 15.9. The first-order valence-corrected chi connectivity index (χ1v) is 15.9. The van der Waals surface area contributed by atoms with Crippen molar-refractivity contribution >= 4 is 29.1 Å². The number of amides is 2. The number of rotatable bonds is 4. The number of hydrogen-bond donors (Lipinski definition) is 1. The number of ether oxygens (including phenoxy) is 3. The first kappa shape index (κ1) is 31.1. The molecule has 2 fully saturated rings. The number of esters is 1. The molecule has 6 heterocycles. The molecule has 2 aromatic heterocycles. The van der Waals surface area contributed by atoms with E-state index in [1.54, 1.807) is 39.5 Å². The van der Waals surface area contributed by atoms with Crippen molar-refractivity contribution in [3.8, 4) is 17.1 Å². The molecule has 248 valence electrons. The summed E-state index contributed by atoms with van der Waals surface area (Å²) < 4.78 is 18.4. The maximum absolute atomic E-state index is 13.6. The fourth-order valence-corrected chi connectivity index (χ4v) is 7.20. The van der Waals surface area contributed by atoms with Crippen molar-refractivity contribution in [3.05, 3.63) is 56.9 Å². The summed E-state index contributed by atoms with van der Waals surface area (Å²) in [6, 6.07) is 6.90. The highest BCUT2D eigenvalue weighted by molar-refractivity contribution is 5.90. The first-order chi connectivity index (χ1) is 22.2. The van der Waals surface area contributed by atoms with E-state index in [9.17, 15) is 24.3 Å². The molecular formula is C34H39N5O8. The van der Waals surface area contributed by atoms with Crippen LogP contribution in [0.5, 0.6) is 5.75 Å². The van der Waals surface area contributed by atoms with Gasteiger partial charge in [-0.05, 0) is 72.0 Å². The Labute approximate surface area is 271 Å². The topological polar surface area (TPSA) is 144 Å². The molecule has 2 bridgehead atoms. The molecule has 47 heavy (non-hydrogen) atoms. The molecule has 4 aliphatic rings. The fourth-order valence-electron chi connectivity index (χ4n) is 7.20. The summed E-state index contributed by atoms with van der Waals surface area (Å²) in [4.78, 5) is 62.6. The molecule has 0 saturated carbocycles. The third-order valence-electron chi connectivity index (χ3n) is 9.49. The van der Waals surface area contributed by atoms with E-state index in [1.165, 1.54) is 0 Å². The van der Waals surface area contributed by atoms with Gasteiger partial charge in [0.05, 0.1) is 41.1 Å². The summed E-state index contributed by atoms with van der Waals surface area (Å²) in [6.07, 6.45) is 0.0194. The average Bonchev–Trinajstić information content (AvgIpc) is 3.36. The lowest BCUT2D eigenvalue weighted by Gasteiger charge is -2.55. The van der Waals surface area contributed by atoms with Crippen molar-refractivity contribution in [2.75, 3.05) is 27.2 Å². The molecular weight excluding hydrogens is 606 g/mol. The van der Waals surface area contributed by atoms with Crippen molar-refractivity contribution in [3.63, 3.8) is 0 Å². The Morgan fingerprint density at radius 3 is 2.51 bits per heavy atom. The van der Waals surface area contributed by atoms with E-state index in [2.05, 4.69) is 0 Å². The zero-order chi connectivity index (χ0) is 33.6. The summed E-state index contributed by atoms with van der Waals surface area (Å²) in [7, 11) is 3.85. The molecule has 4 aliphatic heterocycles. The second-order valence-corrected chi connectivity index (χ2v) is 14.1. The molecule has 2 amide bonds. The lowest BCUT2D eigenvalue weighted by Crippen LogP contribution is -2.71. The third kappa shape index (κ3) is 5.03. The number of hydrogen-bond acceptors (Lipinski definition) is 10. The molecule has 7 rings (SSSR count). The van der Waals surface area contributed by atoms with Gasteiger partial charge >= 0.3 is 18.2 Å². The molecule has 0 spiro atoms. The number of benzene rings is 1. The quantitative estimate of drug-likeness (QED) is 0.328. The lowest BCUT2D eigenvalue weighted by molar-refractivity contribution is -0.172. The molecule has 3 atom stereocenters. The van der Waals surface area contributed by atoms with Gasteiger partial charge in [0.2, 0.25) is 0 Å². The lowest BCUT2D eigenvalue weighted by atomic mass is 9.86. The number of aromatic nitrogens is 2. The van der Waals surface area contributed by atoms with E-state index in [1.807, 2.05) is 45.8 Å². The predicted octanol–water partition coefficient (Wildman–Crippen LogP) is 3.33. The number of likely N-dealkylation sites (tertiary alicyclic amines) is 2. The van der Waals surface area contributed by atoms with Gasteiger partial charge in [0.25, 0.3) is 5.56 Å². The summed E-state index contributed by atoms with van der Waals surface area (Å²) in [5.74, 6) is -0.349. The van der Waals surface area contributed by atoms with Gasteiger partial charge in [-0.2, -0.15) is 0 Å². The molecule has 0 aliphatic carbocycles. The van der Waals surface area contributed by atoms with Crippen LogP contribution in [0.15, 0.2) is 29.1 Å². The zero-order valence-corrected chi connectivity index (χ0v) is 27.5. The highest BCUT2D eigenvalue weighted by Crippen LogP contribution is 2.40. The highest BCUT2D eigenvalue weighted by Gasteiger charge is 2.50. The molecule has 2 unspecified atom stereocenters. The number of cyclic esters (lactones) is 1. The average molecular weight is 646 g/mol. The van der Waals surface area contributed by atoms with Crippen LogP contribution in [-0.2, 0) is 39.6 Å². The smallest absolute Gasteiger partial charge is 0.415 e. The van der Waals surface area contributed by atoms with Crippen LogP contribution in [0, 0.1) is 0 Å². The van der Waals surface area contributed by atoms with E-state index >= 15 is 0 Å². The molecule has 0 radical (unpaired) electrons. The van der Waals surface area contributed by atoms with Gasteiger partial charge in [0, 0.05) is 41.7 Å². The Hall–Kier alpha value is -4.49. The SMILES string of the molecule is CC[C@@]1(O)C(=O)OCc2c1cc1n(c2=O)Cc2cc3c(CN(C)C)c(OC(=O)N4C5CC4CN(C(=O)OC(C)(C)C)C5)ccc3nc2-1. The Morgan fingerprint density at radius 2 is 1.85 bits per heavy atom. The minimum absolute atomic E-state index is 0.0655. The summed E-state index contributed by atoms with van der Waals surface area (Å²) in [5, 5.41) is 12.0. The van der Waals surface area contributed by atoms with Crippen LogP contribution in [-0.4, -0.2) is 92.4 Å². The van der Waals surface area contributed by atoms with Crippen molar-refractivity contribution in [1.82, 2.24) is 24.3 Å². The van der Waals surface area contributed by atoms with E-state index in [0.717, 1.165) is 22.9 Å². The molecule has 1 N–H and O–H groups in total. The summed E-state index contributed by atoms with van der Waals surface area (Å²) in [6.45, 7) is 8.46. The van der Waals surface area contributed by atoms with E-state index < -0.39 is 23.3 Å². The number of piperidine rings is 1. The fraction of sp³-hybridized carbons (Fsp3) is 0.500. The van der Waals surface area contributed by atoms with Gasteiger partial charge in [-0.15, -0.1) is 0 Å². The predicted molar refractivity (Wildman–Crippen MR) is 170 cm³/mol. The van der Waals surface area contributed by atoms with Crippen LogP contribution in [0.1, 0.15) is 62.8 Å². The molecule has 3 aromatic rings. The zero-order valence-electron chi connectivity index (χ0n) is 27.5. The molecule has 1 aromatic carbocycles. The van der Waals surface area contributed by atoms with Crippen LogP contribution >= 0.6 is 0 Å². The summed E-state index contributed by atoms with van der Waals surface area (Å²) >= 11 is 0. The van der Waals surface area contributed by atoms with Gasteiger partial charge in [-0.25, -0.2) is 19.4 Å². The van der Waals surface area contributed by atoms with Crippen molar-refractivity contribution in [2.24, 2.45) is 0 Å². The van der Waals surface area contributed by atoms with E-state index in [-0.39, 0.29) is 54.4 Å². The van der Waals surface area contributed by atoms with Crippen LogP contribution in [0.2, 0.25) is 0 Å². The number of piperazine rings is 1. The van der Waals surface area contributed by atoms with Gasteiger partial charge < -0.3 is 33.7 Å². The Balaban J connectivity index is 1.19. The number of fused-ring (bicyclic) bond motifs is 7. The maximum Gasteiger partial charge on any atom is 0.415 e. The van der Waals surface area contributed by atoms with Crippen LogP contribution in [0.3, 0.4) is 0 Å². The van der Waals surface area contributed by atoms with Gasteiger partial charge in [0.15, 0.2) is 5.60 Å². The minimum Gasteiger partial charge on any atom is -0.458 e. The van der Waals surface area contributed by atoms with E-state index in [4.69, 9.17) is 19.2 Å². The Kier molecular flexibility index (Phi) is 7.14. The normalized spacial score (nSPS) is 22.8. The molecule has 13 nitrogen and oxygen atoms in total. The van der Waals surface area contributed by atoms with Gasteiger partial charge in [0.1, 0.15) is 18.0 Å². The van der Waals surface area contributed by atoms with Crippen molar-refractivity contribution in [2.45, 2.75) is 83.5 Å². The number of nitrogens with zero attached hydrogens (tertiary/aromatic N) is 5. The van der Waals surface area contributed by atoms with Gasteiger partial charge in [-0.3, -0.25) is 9.69 Å². The highest BCUT2D eigenvalue weighted by atomic mass is 16.6. The Bertz CT molecular complexity index is 1900. The van der Waals surface area contributed by atoms with E-state index in [0.29, 0.717) is 42.3 Å². The largest absolute Gasteiger partial charge is 0.458 e. The van der Waals surface area contributed by atoms with Crippen molar-refractivity contribution in [1.29, 1.82) is 0 Å². The second-order valence-electron chi connectivity index (χ2n) is 14.1. The second kappa shape index (κ2) is 10.8. The molecule has 2 saturated heterocycles.